The average molecular weight is 494 g/mol. The molecule has 7 nitrogen and oxygen atoms in total. The summed E-state index contributed by atoms with van der Waals surface area (Å²) < 4.78 is 9.00. The van der Waals surface area contributed by atoms with Gasteiger partial charge in [-0.3, -0.25) is 9.36 Å². The van der Waals surface area contributed by atoms with Crippen molar-refractivity contribution < 1.29 is 9.53 Å². The van der Waals surface area contributed by atoms with Crippen LogP contribution < -0.4 is 10.2 Å². The van der Waals surface area contributed by atoms with Gasteiger partial charge in [0.1, 0.15) is 0 Å². The van der Waals surface area contributed by atoms with Crippen LogP contribution in [0, 0.1) is 6.92 Å². The molecule has 1 aromatic carbocycles. The van der Waals surface area contributed by atoms with Gasteiger partial charge in [0.05, 0.1) is 18.4 Å². The summed E-state index contributed by atoms with van der Waals surface area (Å²) in [5, 5.41) is 12.7. The van der Waals surface area contributed by atoms with E-state index in [1.807, 2.05) is 25.1 Å². The Balaban J connectivity index is 1.43. The molecule has 1 atom stereocenters. The van der Waals surface area contributed by atoms with Gasteiger partial charge in [-0.25, -0.2) is 0 Å². The predicted octanol–water partition coefficient (Wildman–Crippen LogP) is 4.25. The Bertz CT molecular complexity index is 878. The van der Waals surface area contributed by atoms with E-state index in [-0.39, 0.29) is 17.8 Å². The molecule has 3 heterocycles. The van der Waals surface area contributed by atoms with Crippen LogP contribution in [0.3, 0.4) is 0 Å². The molecule has 0 bridgehead atoms. The molecule has 1 N–H and O–H groups in total. The van der Waals surface area contributed by atoms with Gasteiger partial charge in [0.15, 0.2) is 5.16 Å². The van der Waals surface area contributed by atoms with Gasteiger partial charge >= 0.3 is 0 Å². The molecule has 1 aromatic heterocycles. The number of halogens is 1. The summed E-state index contributed by atoms with van der Waals surface area (Å²) in [6.07, 6.45) is 6.00. The molecule has 2 aliphatic heterocycles. The highest BCUT2D eigenvalue weighted by atomic mass is 79.9. The molecule has 4 rings (SSSR count). The molecule has 2 aliphatic rings. The number of benzene rings is 1. The zero-order valence-corrected chi connectivity index (χ0v) is 19.7. The highest BCUT2D eigenvalue weighted by molar-refractivity contribution is 9.10. The monoisotopic (exact) mass is 493 g/mol. The molecule has 30 heavy (non-hydrogen) atoms. The van der Waals surface area contributed by atoms with Crippen LogP contribution in [-0.2, 0) is 16.1 Å². The van der Waals surface area contributed by atoms with Gasteiger partial charge in [-0.05, 0) is 56.7 Å². The number of amides is 1. The van der Waals surface area contributed by atoms with Crippen molar-refractivity contribution in [3.63, 3.8) is 0 Å². The first-order valence-electron chi connectivity index (χ1n) is 10.6. The summed E-state index contributed by atoms with van der Waals surface area (Å²) in [4.78, 5) is 14.8. The predicted molar refractivity (Wildman–Crippen MR) is 123 cm³/mol. The van der Waals surface area contributed by atoms with Gasteiger partial charge in [0.2, 0.25) is 11.9 Å². The maximum atomic E-state index is 12.5. The summed E-state index contributed by atoms with van der Waals surface area (Å²) in [6, 6.07) is 5.82. The Morgan fingerprint density at radius 1 is 1.27 bits per heavy atom. The highest BCUT2D eigenvalue weighted by Crippen LogP contribution is 2.27. The van der Waals surface area contributed by atoms with E-state index in [2.05, 4.69) is 40.9 Å². The Hall–Kier alpha value is -1.58. The van der Waals surface area contributed by atoms with Crippen molar-refractivity contribution in [3.8, 4) is 0 Å². The van der Waals surface area contributed by atoms with Crippen molar-refractivity contribution in [2.24, 2.45) is 0 Å². The SMILES string of the molecule is Cc1ccc(NC(=O)CSc2nnc(N3CCCCC3)n2CC2CCCO2)cc1Br. The van der Waals surface area contributed by atoms with E-state index in [0.29, 0.717) is 0 Å². The van der Waals surface area contributed by atoms with E-state index >= 15 is 0 Å². The van der Waals surface area contributed by atoms with Crippen molar-refractivity contribution >= 4 is 45.2 Å². The van der Waals surface area contributed by atoms with Crippen LogP contribution in [0.4, 0.5) is 11.6 Å². The molecule has 2 fully saturated rings. The van der Waals surface area contributed by atoms with Gasteiger partial charge < -0.3 is 15.0 Å². The Morgan fingerprint density at radius 3 is 2.83 bits per heavy atom. The second-order valence-electron chi connectivity index (χ2n) is 7.88. The van der Waals surface area contributed by atoms with Crippen LogP contribution in [0.15, 0.2) is 27.8 Å². The van der Waals surface area contributed by atoms with E-state index < -0.39 is 0 Å². The lowest BCUT2D eigenvalue weighted by Gasteiger charge is -2.28. The molecular weight excluding hydrogens is 466 g/mol. The molecule has 162 valence electrons. The number of aromatic nitrogens is 3. The van der Waals surface area contributed by atoms with Crippen LogP contribution >= 0.6 is 27.7 Å². The minimum Gasteiger partial charge on any atom is -0.376 e. The lowest BCUT2D eigenvalue weighted by Crippen LogP contribution is -2.33. The molecule has 9 heteroatoms. The molecule has 2 saturated heterocycles. The zero-order valence-electron chi connectivity index (χ0n) is 17.3. The number of nitrogens with zero attached hydrogens (tertiary/aromatic N) is 4. The van der Waals surface area contributed by atoms with Gasteiger partial charge in [-0.15, -0.1) is 10.2 Å². The fourth-order valence-corrected chi connectivity index (χ4v) is 4.99. The number of hydrogen-bond donors (Lipinski definition) is 1. The number of piperidine rings is 1. The van der Waals surface area contributed by atoms with Crippen molar-refractivity contribution in [1.82, 2.24) is 14.8 Å². The minimum atomic E-state index is -0.0538. The van der Waals surface area contributed by atoms with Crippen molar-refractivity contribution in [2.75, 3.05) is 35.7 Å². The topological polar surface area (TPSA) is 72.3 Å². The molecular formula is C21H28BrN5O2S. The molecule has 0 aliphatic carbocycles. The van der Waals surface area contributed by atoms with Crippen LogP contribution in [0.25, 0.3) is 0 Å². The first-order chi connectivity index (χ1) is 14.6. The summed E-state index contributed by atoms with van der Waals surface area (Å²) in [5.74, 6) is 1.15. The van der Waals surface area contributed by atoms with E-state index in [1.54, 1.807) is 0 Å². The molecule has 0 spiro atoms. The smallest absolute Gasteiger partial charge is 0.234 e. The highest BCUT2D eigenvalue weighted by Gasteiger charge is 2.25. The second-order valence-corrected chi connectivity index (χ2v) is 9.67. The van der Waals surface area contributed by atoms with Crippen LogP contribution in [0.1, 0.15) is 37.7 Å². The van der Waals surface area contributed by atoms with Gasteiger partial charge in [0.25, 0.3) is 0 Å². The summed E-state index contributed by atoms with van der Waals surface area (Å²) in [6.45, 7) is 5.61. The molecule has 0 radical (unpaired) electrons. The number of ether oxygens (including phenoxy) is 1. The van der Waals surface area contributed by atoms with Crippen LogP contribution in [0.5, 0.6) is 0 Å². The summed E-state index contributed by atoms with van der Waals surface area (Å²) >= 11 is 4.94. The number of aryl methyl sites for hydroxylation is 1. The maximum Gasteiger partial charge on any atom is 0.234 e. The summed E-state index contributed by atoms with van der Waals surface area (Å²) in [7, 11) is 0. The first-order valence-corrected chi connectivity index (χ1v) is 12.4. The number of nitrogens with one attached hydrogen (secondary N) is 1. The molecule has 2 aromatic rings. The summed E-state index contributed by atoms with van der Waals surface area (Å²) in [5.41, 5.74) is 1.92. The molecule has 1 amide bonds. The minimum absolute atomic E-state index is 0.0538. The quantitative estimate of drug-likeness (QED) is 0.581. The Morgan fingerprint density at radius 2 is 2.10 bits per heavy atom. The molecule has 0 saturated carbocycles. The number of rotatable bonds is 7. The van der Waals surface area contributed by atoms with E-state index in [1.165, 1.54) is 31.0 Å². The fourth-order valence-electron chi connectivity index (χ4n) is 3.87. The third-order valence-electron chi connectivity index (χ3n) is 5.53. The van der Waals surface area contributed by atoms with Gasteiger partial charge in [-0.1, -0.05) is 33.8 Å². The molecule has 1 unspecified atom stereocenters. The zero-order chi connectivity index (χ0) is 20.9. The van der Waals surface area contributed by atoms with E-state index in [0.717, 1.165) is 65.9 Å². The Kier molecular flexibility index (Phi) is 7.32. The normalized spacial score (nSPS) is 19.3. The number of thioether (sulfide) groups is 1. The lowest BCUT2D eigenvalue weighted by molar-refractivity contribution is -0.113. The number of carbonyl (C=O) groups is 1. The standard InChI is InChI=1S/C21H28BrN5O2S/c1-15-7-8-16(12-18(15)22)23-19(28)14-30-21-25-24-20(26-9-3-2-4-10-26)27(21)13-17-6-5-11-29-17/h7-8,12,17H,2-6,9-11,13-14H2,1H3,(H,23,28). The van der Waals surface area contributed by atoms with Crippen LogP contribution in [-0.4, -0.2) is 52.2 Å². The lowest BCUT2D eigenvalue weighted by atomic mass is 10.1. The van der Waals surface area contributed by atoms with Crippen molar-refractivity contribution in [1.29, 1.82) is 0 Å². The second kappa shape index (κ2) is 10.2. The maximum absolute atomic E-state index is 12.5. The van der Waals surface area contributed by atoms with Gasteiger partial charge in [0, 0.05) is 29.9 Å². The average Bonchev–Trinajstić information content (AvgIpc) is 3.40. The largest absolute Gasteiger partial charge is 0.376 e. The van der Waals surface area contributed by atoms with Crippen molar-refractivity contribution in [2.45, 2.75) is 56.8 Å². The van der Waals surface area contributed by atoms with E-state index in [9.17, 15) is 4.79 Å². The number of hydrogen-bond acceptors (Lipinski definition) is 6. The van der Waals surface area contributed by atoms with Crippen molar-refractivity contribution in [3.05, 3.63) is 28.2 Å². The van der Waals surface area contributed by atoms with E-state index in [4.69, 9.17) is 4.74 Å². The van der Waals surface area contributed by atoms with Crippen LogP contribution in [0.2, 0.25) is 0 Å². The van der Waals surface area contributed by atoms with Gasteiger partial charge in [-0.2, -0.15) is 0 Å². The third kappa shape index (κ3) is 5.36. The Labute approximate surface area is 190 Å². The number of anilines is 2. The fraction of sp³-hybridized carbons (Fsp3) is 0.571. The first kappa shape index (κ1) is 21.6. The number of carbonyl (C=O) groups excluding carboxylic acids is 1. The third-order valence-corrected chi connectivity index (χ3v) is 7.36.